The van der Waals surface area contributed by atoms with Crippen LogP contribution in [0.5, 0.6) is 0 Å². The Kier molecular flexibility index (Phi) is 6.70. The number of thioether (sulfide) groups is 1. The molecular weight excluding hydrogens is 436 g/mol. The fourth-order valence-electron chi connectivity index (χ4n) is 2.64. The van der Waals surface area contributed by atoms with Gasteiger partial charge in [0.15, 0.2) is 11.0 Å². The van der Waals surface area contributed by atoms with E-state index in [0.29, 0.717) is 11.7 Å². The second-order valence-corrected chi connectivity index (χ2v) is 8.47. The predicted molar refractivity (Wildman–Crippen MR) is 118 cm³/mol. The van der Waals surface area contributed by atoms with E-state index in [1.54, 1.807) is 6.08 Å². The van der Waals surface area contributed by atoms with Gasteiger partial charge in [0.25, 0.3) is 0 Å². The van der Waals surface area contributed by atoms with Crippen LogP contribution in [0.3, 0.4) is 0 Å². The summed E-state index contributed by atoms with van der Waals surface area (Å²) in [6.07, 6.45) is 1.80. The van der Waals surface area contributed by atoms with E-state index >= 15 is 0 Å². The molecule has 0 saturated heterocycles. The molecule has 0 aliphatic carbocycles. The summed E-state index contributed by atoms with van der Waals surface area (Å²) in [5.74, 6) is 0.667. The van der Waals surface area contributed by atoms with E-state index in [1.807, 2.05) is 66.9 Å². The fourth-order valence-corrected chi connectivity index (χ4v) is 4.09. The number of aryl methyl sites for hydroxylation is 1. The maximum Gasteiger partial charge on any atom is 0.237 e. The quantitative estimate of drug-likeness (QED) is 0.385. The SMILES string of the molecule is C=CCn1c(SC(C)C(=O)Nc2ccc(C)cc2Br)nnc1-c1ccccc1. The molecule has 0 radical (unpaired) electrons. The second kappa shape index (κ2) is 9.21. The number of nitrogens with zero attached hydrogens (tertiary/aromatic N) is 3. The monoisotopic (exact) mass is 456 g/mol. The Hall–Kier alpha value is -2.38. The highest BCUT2D eigenvalue weighted by Gasteiger charge is 2.21. The van der Waals surface area contributed by atoms with Crippen molar-refractivity contribution in [3.05, 3.63) is 71.2 Å². The molecule has 0 aliphatic rings. The highest BCUT2D eigenvalue weighted by atomic mass is 79.9. The number of hydrogen-bond acceptors (Lipinski definition) is 4. The second-order valence-electron chi connectivity index (χ2n) is 6.30. The average Bonchev–Trinajstić information content (AvgIpc) is 3.07. The van der Waals surface area contributed by atoms with Gasteiger partial charge in [-0.2, -0.15) is 0 Å². The summed E-state index contributed by atoms with van der Waals surface area (Å²) >= 11 is 4.87. The lowest BCUT2D eigenvalue weighted by atomic mass is 10.2. The third-order valence-corrected chi connectivity index (χ3v) is 5.83. The van der Waals surface area contributed by atoms with Crippen LogP contribution in [0.1, 0.15) is 12.5 Å². The van der Waals surface area contributed by atoms with Crippen LogP contribution in [0.15, 0.2) is 70.8 Å². The summed E-state index contributed by atoms with van der Waals surface area (Å²) < 4.78 is 2.83. The summed E-state index contributed by atoms with van der Waals surface area (Å²) in [6.45, 7) is 8.26. The third kappa shape index (κ3) is 4.72. The summed E-state index contributed by atoms with van der Waals surface area (Å²) in [7, 11) is 0. The molecule has 1 amide bonds. The molecule has 144 valence electrons. The van der Waals surface area contributed by atoms with Crippen molar-refractivity contribution >= 4 is 39.3 Å². The zero-order chi connectivity index (χ0) is 20.1. The van der Waals surface area contributed by atoms with Gasteiger partial charge in [-0.1, -0.05) is 54.2 Å². The number of carbonyl (C=O) groups is 1. The van der Waals surface area contributed by atoms with Gasteiger partial charge < -0.3 is 5.32 Å². The van der Waals surface area contributed by atoms with E-state index in [1.165, 1.54) is 11.8 Å². The summed E-state index contributed by atoms with van der Waals surface area (Å²) in [4.78, 5) is 12.7. The number of aromatic nitrogens is 3. The highest BCUT2D eigenvalue weighted by Crippen LogP contribution is 2.29. The first-order valence-corrected chi connectivity index (χ1v) is 10.5. The maximum atomic E-state index is 12.7. The van der Waals surface area contributed by atoms with Crippen molar-refractivity contribution in [1.29, 1.82) is 0 Å². The van der Waals surface area contributed by atoms with Crippen LogP contribution < -0.4 is 5.32 Å². The van der Waals surface area contributed by atoms with Crippen molar-refractivity contribution in [1.82, 2.24) is 14.8 Å². The van der Waals surface area contributed by atoms with Crippen LogP contribution in [0, 0.1) is 6.92 Å². The molecule has 0 bridgehead atoms. The summed E-state index contributed by atoms with van der Waals surface area (Å²) in [5.41, 5.74) is 2.85. The van der Waals surface area contributed by atoms with E-state index in [4.69, 9.17) is 0 Å². The van der Waals surface area contributed by atoms with E-state index in [9.17, 15) is 4.79 Å². The van der Waals surface area contributed by atoms with Crippen molar-refractivity contribution in [2.24, 2.45) is 0 Å². The van der Waals surface area contributed by atoms with Crippen molar-refractivity contribution in [3.63, 3.8) is 0 Å². The average molecular weight is 457 g/mol. The molecule has 3 aromatic rings. The zero-order valence-corrected chi connectivity index (χ0v) is 18.1. The highest BCUT2D eigenvalue weighted by molar-refractivity contribution is 9.10. The Morgan fingerprint density at radius 1 is 1.29 bits per heavy atom. The van der Waals surface area contributed by atoms with Crippen LogP contribution in [0.25, 0.3) is 11.4 Å². The van der Waals surface area contributed by atoms with Gasteiger partial charge in [-0.05, 0) is 47.5 Å². The molecule has 1 heterocycles. The summed E-state index contributed by atoms with van der Waals surface area (Å²) in [5, 5.41) is 11.9. The van der Waals surface area contributed by atoms with Crippen LogP contribution in [-0.2, 0) is 11.3 Å². The van der Waals surface area contributed by atoms with Gasteiger partial charge in [0, 0.05) is 16.6 Å². The fraction of sp³-hybridized carbons (Fsp3) is 0.190. The minimum atomic E-state index is -0.343. The molecule has 3 rings (SSSR count). The van der Waals surface area contributed by atoms with Gasteiger partial charge >= 0.3 is 0 Å². The molecule has 1 N–H and O–H groups in total. The molecule has 2 aromatic carbocycles. The molecule has 0 spiro atoms. The van der Waals surface area contributed by atoms with Gasteiger partial charge in [0.05, 0.1) is 10.9 Å². The van der Waals surface area contributed by atoms with E-state index < -0.39 is 0 Å². The van der Waals surface area contributed by atoms with Crippen molar-refractivity contribution in [2.45, 2.75) is 30.8 Å². The molecule has 28 heavy (non-hydrogen) atoms. The lowest BCUT2D eigenvalue weighted by Gasteiger charge is -2.14. The molecule has 1 unspecified atom stereocenters. The van der Waals surface area contributed by atoms with Gasteiger partial charge in [-0.3, -0.25) is 9.36 Å². The molecule has 0 saturated carbocycles. The lowest BCUT2D eigenvalue weighted by Crippen LogP contribution is -2.23. The molecule has 0 aliphatic heterocycles. The maximum absolute atomic E-state index is 12.7. The Labute approximate surface area is 177 Å². The zero-order valence-electron chi connectivity index (χ0n) is 15.7. The number of carbonyl (C=O) groups excluding carboxylic acids is 1. The number of hydrogen-bond donors (Lipinski definition) is 1. The Morgan fingerprint density at radius 2 is 2.04 bits per heavy atom. The number of halogens is 1. The van der Waals surface area contributed by atoms with Gasteiger partial charge in [-0.25, -0.2) is 0 Å². The number of amides is 1. The topological polar surface area (TPSA) is 59.8 Å². The van der Waals surface area contributed by atoms with E-state index in [-0.39, 0.29) is 11.2 Å². The molecule has 1 atom stereocenters. The Balaban J connectivity index is 1.78. The number of nitrogens with one attached hydrogen (secondary N) is 1. The number of rotatable bonds is 7. The Bertz CT molecular complexity index is 987. The van der Waals surface area contributed by atoms with Crippen molar-refractivity contribution in [3.8, 4) is 11.4 Å². The van der Waals surface area contributed by atoms with Crippen molar-refractivity contribution in [2.75, 3.05) is 5.32 Å². The van der Waals surface area contributed by atoms with Gasteiger partial charge in [0.2, 0.25) is 5.91 Å². The standard InChI is InChI=1S/C21H21BrN4OS/c1-4-12-26-19(16-8-6-5-7-9-16)24-25-21(26)28-15(3)20(27)23-18-11-10-14(2)13-17(18)22/h4-11,13,15H,1,12H2,2-3H3,(H,23,27). The van der Waals surface area contributed by atoms with Gasteiger partial charge in [-0.15, -0.1) is 16.8 Å². The largest absolute Gasteiger partial charge is 0.324 e. The van der Waals surface area contributed by atoms with Crippen LogP contribution in [-0.4, -0.2) is 25.9 Å². The Morgan fingerprint density at radius 3 is 2.71 bits per heavy atom. The molecule has 0 fully saturated rings. The number of benzene rings is 2. The van der Waals surface area contributed by atoms with Crippen molar-refractivity contribution < 1.29 is 4.79 Å². The first-order valence-electron chi connectivity index (χ1n) is 8.82. The van der Waals surface area contributed by atoms with Gasteiger partial charge in [0.1, 0.15) is 0 Å². The minimum absolute atomic E-state index is 0.0935. The molecular formula is C21H21BrN4OS. The van der Waals surface area contributed by atoms with Crippen LogP contribution in [0.4, 0.5) is 5.69 Å². The van der Waals surface area contributed by atoms with Crippen LogP contribution in [0.2, 0.25) is 0 Å². The molecule has 1 aromatic heterocycles. The van der Waals surface area contributed by atoms with E-state index in [0.717, 1.165) is 27.1 Å². The van der Waals surface area contributed by atoms with E-state index in [2.05, 4.69) is 38.0 Å². The lowest BCUT2D eigenvalue weighted by molar-refractivity contribution is -0.115. The molecule has 5 nitrogen and oxygen atoms in total. The first-order chi connectivity index (χ1) is 13.5. The third-order valence-electron chi connectivity index (χ3n) is 4.09. The minimum Gasteiger partial charge on any atom is -0.324 e. The van der Waals surface area contributed by atoms with Crippen LogP contribution >= 0.6 is 27.7 Å². The molecule has 7 heteroatoms. The number of anilines is 1. The smallest absolute Gasteiger partial charge is 0.237 e. The predicted octanol–water partition coefficient (Wildman–Crippen LogP) is 5.32. The first kappa shape index (κ1) is 20.4. The number of allylic oxidation sites excluding steroid dienone is 1. The normalized spacial score (nSPS) is 11.8. The summed E-state index contributed by atoms with van der Waals surface area (Å²) in [6, 6.07) is 15.7.